The van der Waals surface area contributed by atoms with Gasteiger partial charge < -0.3 is 13.7 Å². The summed E-state index contributed by atoms with van der Waals surface area (Å²) in [6, 6.07) is 0. The summed E-state index contributed by atoms with van der Waals surface area (Å²) < 4.78 is 7.40. The maximum absolute atomic E-state index is 12.3. The minimum absolute atomic E-state index is 0.0472. The van der Waals surface area contributed by atoms with Crippen molar-refractivity contribution in [3.63, 3.8) is 0 Å². The zero-order chi connectivity index (χ0) is 25.0. The summed E-state index contributed by atoms with van der Waals surface area (Å²) >= 11 is 0. The van der Waals surface area contributed by atoms with Gasteiger partial charge in [0.05, 0.1) is 42.3 Å². The Morgan fingerprint density at radius 3 is 1.52 bits per heavy atom. The summed E-state index contributed by atoms with van der Waals surface area (Å²) in [7, 11) is 12.8. The number of hydrogen-bond acceptors (Lipinski definition) is 2. The van der Waals surface area contributed by atoms with Gasteiger partial charge in [-0.15, -0.1) is 0 Å². The third-order valence-corrected chi connectivity index (χ3v) is 5.01. The predicted octanol–water partition coefficient (Wildman–Crippen LogP) is 6.46. The van der Waals surface area contributed by atoms with Crippen LogP contribution in [-0.2, 0) is 9.53 Å². The molecule has 33 heavy (non-hydrogen) atoms. The van der Waals surface area contributed by atoms with Crippen molar-refractivity contribution in [1.29, 1.82) is 0 Å². The Bertz CT molecular complexity index is 588. The van der Waals surface area contributed by atoms with E-state index in [4.69, 9.17) is 4.74 Å². The van der Waals surface area contributed by atoms with Crippen molar-refractivity contribution in [2.24, 2.45) is 0 Å². The van der Waals surface area contributed by atoms with Crippen LogP contribution in [0.5, 0.6) is 0 Å². The van der Waals surface area contributed by atoms with Crippen LogP contribution < -0.4 is 0 Å². The maximum Gasteiger partial charge on any atom is 0.306 e. The molecule has 0 atom stereocenters. The van der Waals surface area contributed by atoms with Crippen LogP contribution in [-0.4, -0.2) is 76.4 Å². The van der Waals surface area contributed by atoms with Crippen LogP contribution in [0.4, 0.5) is 0 Å². The summed E-state index contributed by atoms with van der Waals surface area (Å²) in [4.78, 5) is 12.3. The van der Waals surface area contributed by atoms with Gasteiger partial charge in [-0.25, -0.2) is 0 Å². The Hall–Kier alpha value is -1.65. The van der Waals surface area contributed by atoms with E-state index in [1.54, 1.807) is 0 Å². The second kappa shape index (κ2) is 18.7. The number of rotatable bonds is 19. The van der Waals surface area contributed by atoms with Gasteiger partial charge in [0.1, 0.15) is 13.1 Å². The number of carbonyl (C=O) groups is 1. The molecule has 0 spiro atoms. The van der Waals surface area contributed by atoms with E-state index in [2.05, 4.69) is 97.8 Å². The van der Waals surface area contributed by atoms with E-state index >= 15 is 0 Å². The van der Waals surface area contributed by atoms with Crippen LogP contribution in [0.15, 0.2) is 48.6 Å². The average molecular weight is 463 g/mol. The van der Waals surface area contributed by atoms with Crippen molar-refractivity contribution in [3.05, 3.63) is 48.6 Å². The highest BCUT2D eigenvalue weighted by Gasteiger charge is 2.27. The van der Waals surface area contributed by atoms with Gasteiger partial charge in [0.2, 0.25) is 0 Å². The Balaban J connectivity index is 3.94. The van der Waals surface area contributed by atoms with Crippen LogP contribution >= 0.6 is 0 Å². The second-order valence-electron chi connectivity index (χ2n) is 11.0. The molecule has 0 unspecified atom stereocenters. The molecule has 0 aromatic rings. The van der Waals surface area contributed by atoms with Gasteiger partial charge in [0.25, 0.3) is 0 Å². The molecular weight excluding hydrogens is 408 g/mol. The smallest absolute Gasteiger partial charge is 0.306 e. The van der Waals surface area contributed by atoms with E-state index in [0.717, 1.165) is 54.2 Å². The van der Waals surface area contributed by atoms with Crippen LogP contribution in [0.2, 0.25) is 0 Å². The standard InChI is InChI=1S/C29H54N2O2/c1-8-9-10-11-12-13-14-15-16-17-18-19-20-21-22-23-24-25-29(32)33-28(26-30(2,3)4)27-31(5,6)7/h12-13,15-16,18-19,21-22,28H,8-11,14,17,20,23-27H2,1-7H3/q+2/b13-12-,16-15-,19-18-,22-21-. The Morgan fingerprint density at radius 1 is 0.667 bits per heavy atom. The average Bonchev–Trinajstić information content (AvgIpc) is 2.67. The highest BCUT2D eigenvalue weighted by atomic mass is 16.5. The summed E-state index contributed by atoms with van der Waals surface area (Å²) in [5, 5.41) is 0. The molecule has 190 valence electrons. The van der Waals surface area contributed by atoms with Crippen molar-refractivity contribution in [1.82, 2.24) is 0 Å². The van der Waals surface area contributed by atoms with Gasteiger partial charge in [-0.2, -0.15) is 0 Å². The Kier molecular flexibility index (Phi) is 17.8. The molecule has 0 heterocycles. The zero-order valence-electron chi connectivity index (χ0n) is 22.9. The number of hydrogen-bond donors (Lipinski definition) is 0. The molecule has 0 bridgehead atoms. The molecule has 0 rings (SSSR count). The fraction of sp³-hybridized carbons (Fsp3) is 0.690. The fourth-order valence-electron chi connectivity index (χ4n) is 3.52. The monoisotopic (exact) mass is 462 g/mol. The number of nitrogens with zero attached hydrogens (tertiary/aromatic N) is 2. The molecular formula is C29H54N2O2+2. The van der Waals surface area contributed by atoms with E-state index in [9.17, 15) is 4.79 Å². The first-order chi connectivity index (χ1) is 15.5. The molecule has 0 amide bonds. The number of allylic oxidation sites excluding steroid dienone is 8. The van der Waals surface area contributed by atoms with Crippen LogP contribution in [0.3, 0.4) is 0 Å². The van der Waals surface area contributed by atoms with Gasteiger partial charge in [0.15, 0.2) is 6.10 Å². The van der Waals surface area contributed by atoms with Gasteiger partial charge in [-0.05, 0) is 44.9 Å². The summed E-state index contributed by atoms with van der Waals surface area (Å²) in [6.45, 7) is 3.91. The molecule has 0 saturated carbocycles. The van der Waals surface area contributed by atoms with Gasteiger partial charge in [-0.3, -0.25) is 4.79 Å². The summed E-state index contributed by atoms with van der Waals surface area (Å²) in [5.41, 5.74) is 0. The van der Waals surface area contributed by atoms with Gasteiger partial charge in [0, 0.05) is 6.42 Å². The lowest BCUT2D eigenvalue weighted by atomic mass is 10.2. The van der Waals surface area contributed by atoms with Crippen molar-refractivity contribution in [2.75, 3.05) is 55.4 Å². The highest BCUT2D eigenvalue weighted by Crippen LogP contribution is 2.08. The maximum atomic E-state index is 12.3. The minimum Gasteiger partial charge on any atom is -0.450 e. The molecule has 0 aromatic carbocycles. The zero-order valence-corrected chi connectivity index (χ0v) is 22.9. The molecule has 0 fully saturated rings. The predicted molar refractivity (Wildman–Crippen MR) is 144 cm³/mol. The largest absolute Gasteiger partial charge is 0.450 e. The lowest BCUT2D eigenvalue weighted by Gasteiger charge is -2.33. The van der Waals surface area contributed by atoms with Crippen molar-refractivity contribution in [2.45, 2.75) is 77.2 Å². The molecule has 0 aliphatic carbocycles. The van der Waals surface area contributed by atoms with Gasteiger partial charge >= 0.3 is 5.97 Å². The number of likely N-dealkylation sites (N-methyl/N-ethyl adjacent to an activating group) is 2. The Morgan fingerprint density at radius 2 is 1.09 bits per heavy atom. The first kappa shape index (κ1) is 31.4. The topological polar surface area (TPSA) is 26.3 Å². The quantitative estimate of drug-likeness (QED) is 0.0953. The molecule has 0 aromatic heterocycles. The van der Waals surface area contributed by atoms with E-state index in [1.165, 1.54) is 25.7 Å². The number of ether oxygens (including phenoxy) is 1. The lowest BCUT2D eigenvalue weighted by Crippen LogP contribution is -2.50. The highest BCUT2D eigenvalue weighted by molar-refractivity contribution is 5.69. The van der Waals surface area contributed by atoms with Crippen molar-refractivity contribution < 1.29 is 18.5 Å². The van der Waals surface area contributed by atoms with Crippen molar-refractivity contribution >= 4 is 5.97 Å². The van der Waals surface area contributed by atoms with Crippen LogP contribution in [0, 0.1) is 0 Å². The normalized spacial score (nSPS) is 13.5. The second-order valence-corrected chi connectivity index (χ2v) is 11.0. The Labute approximate surface area is 205 Å². The molecule has 0 radical (unpaired) electrons. The molecule has 4 nitrogen and oxygen atoms in total. The molecule has 0 aliphatic heterocycles. The SMILES string of the molecule is CCCCC/C=C\C/C=C\C/C=C\C/C=C\CCCC(=O)OC(C[N+](C)(C)C)C[N+](C)(C)C. The van der Waals surface area contributed by atoms with E-state index in [-0.39, 0.29) is 12.1 Å². The molecule has 4 heteroatoms. The molecule has 0 aliphatic rings. The molecule has 0 N–H and O–H groups in total. The lowest BCUT2D eigenvalue weighted by molar-refractivity contribution is -0.895. The van der Waals surface area contributed by atoms with E-state index < -0.39 is 0 Å². The first-order valence-corrected chi connectivity index (χ1v) is 12.9. The van der Waals surface area contributed by atoms with E-state index in [0.29, 0.717) is 6.42 Å². The van der Waals surface area contributed by atoms with Crippen LogP contribution in [0.25, 0.3) is 0 Å². The third kappa shape index (κ3) is 24.8. The molecule has 0 saturated heterocycles. The minimum atomic E-state index is -0.0715. The number of unbranched alkanes of at least 4 members (excludes halogenated alkanes) is 4. The van der Waals surface area contributed by atoms with Crippen LogP contribution in [0.1, 0.15) is 71.1 Å². The number of esters is 1. The number of quaternary nitrogens is 2. The van der Waals surface area contributed by atoms with E-state index in [1.807, 2.05) is 0 Å². The first-order valence-electron chi connectivity index (χ1n) is 12.9. The summed E-state index contributed by atoms with van der Waals surface area (Å²) in [5.74, 6) is -0.0715. The van der Waals surface area contributed by atoms with Crippen molar-refractivity contribution in [3.8, 4) is 0 Å². The fourth-order valence-corrected chi connectivity index (χ4v) is 3.52. The summed E-state index contributed by atoms with van der Waals surface area (Å²) in [6.07, 6.45) is 28.1. The third-order valence-electron chi connectivity index (χ3n) is 5.01. The van der Waals surface area contributed by atoms with Gasteiger partial charge in [-0.1, -0.05) is 68.4 Å². The number of carbonyl (C=O) groups excluding carboxylic acids is 1.